The van der Waals surface area contributed by atoms with Crippen molar-refractivity contribution >= 4 is 17.8 Å². The number of anilines is 1. The van der Waals surface area contributed by atoms with E-state index in [4.69, 9.17) is 4.74 Å². The molecule has 5 nitrogen and oxygen atoms in total. The molecule has 26 heavy (non-hydrogen) atoms. The minimum absolute atomic E-state index is 0.0669. The van der Waals surface area contributed by atoms with Gasteiger partial charge in [0.1, 0.15) is 5.75 Å². The number of ether oxygens (including phenoxy) is 1. The van der Waals surface area contributed by atoms with Crippen LogP contribution in [0.5, 0.6) is 5.75 Å². The predicted molar refractivity (Wildman–Crippen MR) is 107 cm³/mol. The zero-order valence-corrected chi connectivity index (χ0v) is 16.0. The molecule has 0 aliphatic rings. The van der Waals surface area contributed by atoms with E-state index in [1.807, 2.05) is 44.2 Å². The van der Waals surface area contributed by atoms with E-state index in [9.17, 15) is 4.79 Å². The number of carbonyl (C=O) groups is 1. The molecule has 2 rings (SSSR count). The Kier molecular flexibility index (Phi) is 7.21. The molecule has 1 amide bonds. The number of carbonyl (C=O) groups excluding carboxylic acids is 1. The van der Waals surface area contributed by atoms with Gasteiger partial charge in [0.15, 0.2) is 6.61 Å². The zero-order valence-electron chi connectivity index (χ0n) is 16.0. The number of nitrogens with zero attached hydrogens (tertiary/aromatic N) is 2. The van der Waals surface area contributed by atoms with Crippen LogP contribution in [0.4, 0.5) is 5.69 Å². The van der Waals surface area contributed by atoms with Crippen LogP contribution in [0.3, 0.4) is 0 Å². The Morgan fingerprint density at radius 2 is 1.81 bits per heavy atom. The fraction of sp³-hybridized carbons (Fsp3) is 0.333. The van der Waals surface area contributed by atoms with Gasteiger partial charge in [0.05, 0.1) is 6.21 Å². The molecule has 0 aliphatic carbocycles. The Morgan fingerprint density at radius 3 is 2.46 bits per heavy atom. The summed E-state index contributed by atoms with van der Waals surface area (Å²) in [4.78, 5) is 14.1. The monoisotopic (exact) mass is 353 g/mol. The first kappa shape index (κ1) is 19.5. The van der Waals surface area contributed by atoms with Crippen LogP contribution >= 0.6 is 0 Å². The summed E-state index contributed by atoms with van der Waals surface area (Å²) in [5, 5.41) is 3.99. The van der Waals surface area contributed by atoms with Crippen molar-refractivity contribution in [2.75, 3.05) is 24.6 Å². The number of aryl methyl sites for hydroxylation is 1. The standard InChI is InChI=1S/C21H27N3O2/c1-5-24(6-2)19-12-10-18(11-13-19)14-22-23-21(25)15-26-20-9-7-8-16(3)17(20)4/h7-14H,5-6,15H2,1-4H3,(H,23,25)/b22-14-. The maximum Gasteiger partial charge on any atom is 0.277 e. The molecule has 0 heterocycles. The van der Waals surface area contributed by atoms with Crippen LogP contribution in [-0.2, 0) is 4.79 Å². The third-order valence-electron chi connectivity index (χ3n) is 4.34. The van der Waals surface area contributed by atoms with Gasteiger partial charge < -0.3 is 9.64 Å². The van der Waals surface area contributed by atoms with Crippen LogP contribution in [0, 0.1) is 13.8 Å². The average Bonchev–Trinajstić information content (AvgIpc) is 2.65. The first-order valence-electron chi connectivity index (χ1n) is 8.91. The maximum atomic E-state index is 11.9. The Bertz CT molecular complexity index is 750. The molecule has 0 fully saturated rings. The first-order chi connectivity index (χ1) is 12.5. The van der Waals surface area contributed by atoms with E-state index in [2.05, 4.69) is 41.4 Å². The SMILES string of the molecule is CCN(CC)c1ccc(/C=N\NC(=O)COc2cccc(C)c2C)cc1. The quantitative estimate of drug-likeness (QED) is 0.582. The molecule has 1 N–H and O–H groups in total. The van der Waals surface area contributed by atoms with E-state index < -0.39 is 0 Å². The van der Waals surface area contributed by atoms with Gasteiger partial charge in [-0.3, -0.25) is 4.79 Å². The van der Waals surface area contributed by atoms with Crippen LogP contribution < -0.4 is 15.1 Å². The van der Waals surface area contributed by atoms with Gasteiger partial charge in [-0.05, 0) is 62.6 Å². The van der Waals surface area contributed by atoms with Gasteiger partial charge in [0.25, 0.3) is 5.91 Å². The van der Waals surface area contributed by atoms with Gasteiger partial charge in [0.2, 0.25) is 0 Å². The summed E-state index contributed by atoms with van der Waals surface area (Å²) in [6, 6.07) is 13.9. The maximum absolute atomic E-state index is 11.9. The van der Waals surface area contributed by atoms with E-state index in [0.717, 1.165) is 35.5 Å². The molecular weight excluding hydrogens is 326 g/mol. The molecule has 0 saturated carbocycles. The van der Waals surface area contributed by atoms with E-state index in [-0.39, 0.29) is 12.5 Å². The number of hydrazone groups is 1. The fourth-order valence-corrected chi connectivity index (χ4v) is 2.59. The summed E-state index contributed by atoms with van der Waals surface area (Å²) in [6.45, 7) is 10.1. The molecule has 0 bridgehead atoms. The summed E-state index contributed by atoms with van der Waals surface area (Å²) >= 11 is 0. The largest absolute Gasteiger partial charge is 0.483 e. The summed E-state index contributed by atoms with van der Waals surface area (Å²) in [6.07, 6.45) is 1.63. The van der Waals surface area contributed by atoms with E-state index in [1.165, 1.54) is 5.69 Å². The van der Waals surface area contributed by atoms with E-state index in [0.29, 0.717) is 0 Å². The van der Waals surface area contributed by atoms with Crippen molar-refractivity contribution in [1.29, 1.82) is 0 Å². The van der Waals surface area contributed by atoms with Crippen LogP contribution in [0.15, 0.2) is 47.6 Å². The highest BCUT2D eigenvalue weighted by molar-refractivity contribution is 5.83. The molecule has 2 aromatic carbocycles. The Morgan fingerprint density at radius 1 is 1.12 bits per heavy atom. The van der Waals surface area contributed by atoms with E-state index in [1.54, 1.807) is 6.21 Å². The first-order valence-corrected chi connectivity index (χ1v) is 8.91. The van der Waals surface area contributed by atoms with Gasteiger partial charge in [-0.1, -0.05) is 24.3 Å². The van der Waals surface area contributed by atoms with Crippen molar-refractivity contribution in [3.05, 3.63) is 59.2 Å². The molecule has 0 radical (unpaired) electrons. The third kappa shape index (κ3) is 5.34. The Hall–Kier alpha value is -2.82. The minimum Gasteiger partial charge on any atom is -0.483 e. The number of benzene rings is 2. The summed E-state index contributed by atoms with van der Waals surface area (Å²) in [7, 11) is 0. The van der Waals surface area contributed by atoms with Crippen LogP contribution in [0.25, 0.3) is 0 Å². The zero-order chi connectivity index (χ0) is 18.9. The molecule has 0 spiro atoms. The van der Waals surface area contributed by atoms with Gasteiger partial charge in [-0.2, -0.15) is 5.10 Å². The van der Waals surface area contributed by atoms with Crippen molar-refractivity contribution < 1.29 is 9.53 Å². The van der Waals surface area contributed by atoms with Crippen molar-refractivity contribution in [1.82, 2.24) is 5.43 Å². The molecule has 138 valence electrons. The second kappa shape index (κ2) is 9.61. The number of hydrogen-bond acceptors (Lipinski definition) is 4. The number of amides is 1. The lowest BCUT2D eigenvalue weighted by atomic mass is 10.1. The molecule has 0 saturated heterocycles. The topological polar surface area (TPSA) is 53.9 Å². The second-order valence-corrected chi connectivity index (χ2v) is 6.04. The van der Waals surface area contributed by atoms with Crippen molar-refractivity contribution in [2.24, 2.45) is 5.10 Å². The highest BCUT2D eigenvalue weighted by Crippen LogP contribution is 2.20. The predicted octanol–water partition coefficient (Wildman–Crippen LogP) is 3.68. The Labute approximate surface area is 155 Å². The molecular formula is C21H27N3O2. The van der Waals surface area contributed by atoms with Gasteiger partial charge in [0, 0.05) is 18.8 Å². The summed E-state index contributed by atoms with van der Waals surface area (Å²) in [5.74, 6) is 0.429. The molecule has 5 heteroatoms. The van der Waals surface area contributed by atoms with Crippen LogP contribution in [0.1, 0.15) is 30.5 Å². The number of nitrogens with one attached hydrogen (secondary N) is 1. The van der Waals surface area contributed by atoms with Crippen molar-refractivity contribution in [3.63, 3.8) is 0 Å². The second-order valence-electron chi connectivity index (χ2n) is 6.04. The minimum atomic E-state index is -0.290. The smallest absolute Gasteiger partial charge is 0.277 e. The van der Waals surface area contributed by atoms with Gasteiger partial charge in [-0.25, -0.2) is 5.43 Å². The molecule has 0 aliphatic heterocycles. The van der Waals surface area contributed by atoms with Crippen molar-refractivity contribution in [2.45, 2.75) is 27.7 Å². The van der Waals surface area contributed by atoms with Crippen LogP contribution in [0.2, 0.25) is 0 Å². The van der Waals surface area contributed by atoms with Gasteiger partial charge in [-0.15, -0.1) is 0 Å². The van der Waals surface area contributed by atoms with E-state index >= 15 is 0 Å². The van der Waals surface area contributed by atoms with Gasteiger partial charge >= 0.3 is 0 Å². The highest BCUT2D eigenvalue weighted by Gasteiger charge is 2.05. The van der Waals surface area contributed by atoms with Crippen molar-refractivity contribution in [3.8, 4) is 5.75 Å². The fourth-order valence-electron chi connectivity index (χ4n) is 2.59. The lowest BCUT2D eigenvalue weighted by Gasteiger charge is -2.20. The highest BCUT2D eigenvalue weighted by atomic mass is 16.5. The molecule has 0 unspecified atom stereocenters. The molecule has 2 aromatic rings. The number of hydrogen-bond donors (Lipinski definition) is 1. The Balaban J connectivity index is 1.84. The molecule has 0 atom stereocenters. The number of rotatable bonds is 8. The normalized spacial score (nSPS) is 10.8. The van der Waals surface area contributed by atoms with Crippen LogP contribution in [-0.4, -0.2) is 31.8 Å². The summed E-state index contributed by atoms with van der Waals surface area (Å²) in [5.41, 5.74) is 6.77. The lowest BCUT2D eigenvalue weighted by molar-refractivity contribution is -0.123. The third-order valence-corrected chi connectivity index (χ3v) is 4.34. The molecule has 0 aromatic heterocycles. The average molecular weight is 353 g/mol. The lowest BCUT2D eigenvalue weighted by Crippen LogP contribution is -2.24. The summed E-state index contributed by atoms with van der Waals surface area (Å²) < 4.78 is 5.56.